The molecule has 4 rings (SSSR count). The fourth-order valence-corrected chi connectivity index (χ4v) is 5.27. The van der Waals surface area contributed by atoms with E-state index in [0.29, 0.717) is 0 Å². The molecule has 0 aliphatic heterocycles. The number of furan rings is 1. The van der Waals surface area contributed by atoms with E-state index in [-0.39, 0.29) is 10.8 Å². The number of nitrogens with one attached hydrogen (secondary N) is 1. The molecular weight excluding hydrogens is 498 g/mol. The van der Waals surface area contributed by atoms with Crippen molar-refractivity contribution >= 4 is 39.1 Å². The van der Waals surface area contributed by atoms with Gasteiger partial charge >= 0.3 is 5.97 Å². The number of hydrogen-bond acceptors (Lipinski definition) is 5. The van der Waals surface area contributed by atoms with Gasteiger partial charge in [-0.05, 0) is 73.7 Å². The Bertz CT molecular complexity index is 1510. The first-order valence-corrected chi connectivity index (χ1v) is 14.0. The quantitative estimate of drug-likeness (QED) is 0.250. The molecule has 0 fully saturated rings. The molecule has 0 amide bonds. The predicted molar refractivity (Wildman–Crippen MR) is 152 cm³/mol. The summed E-state index contributed by atoms with van der Waals surface area (Å²) in [7, 11) is -3.92. The van der Waals surface area contributed by atoms with E-state index in [1.54, 1.807) is 58.9 Å². The van der Waals surface area contributed by atoms with Crippen LogP contribution in [0.1, 0.15) is 45.9 Å². The van der Waals surface area contributed by atoms with Gasteiger partial charge in [0, 0.05) is 5.39 Å². The van der Waals surface area contributed by atoms with Crippen LogP contribution in [0.3, 0.4) is 0 Å². The zero-order valence-electron chi connectivity index (χ0n) is 22.3. The summed E-state index contributed by atoms with van der Waals surface area (Å²) in [6.07, 6.45) is 3.92. The Morgan fingerprint density at radius 1 is 0.895 bits per heavy atom. The Morgan fingerprint density at radius 2 is 1.50 bits per heavy atom. The maximum absolute atomic E-state index is 13.0. The second-order valence-corrected chi connectivity index (χ2v) is 12.3. The zero-order valence-corrected chi connectivity index (χ0v) is 23.1. The second-order valence-electron chi connectivity index (χ2n) is 10.5. The average molecular weight is 532 g/mol. The number of ether oxygens (including phenoxy) is 1. The first-order valence-electron chi connectivity index (χ1n) is 12.5. The van der Waals surface area contributed by atoms with Crippen molar-refractivity contribution < 1.29 is 22.4 Å². The lowest BCUT2D eigenvalue weighted by atomic mass is 10.0. The highest BCUT2D eigenvalue weighted by atomic mass is 32.2. The number of sulfonamides is 1. The summed E-state index contributed by atoms with van der Waals surface area (Å²) < 4.78 is 39.8. The fourth-order valence-electron chi connectivity index (χ4n) is 3.93. The highest BCUT2D eigenvalue weighted by Gasteiger charge is 2.32. The van der Waals surface area contributed by atoms with E-state index in [1.807, 2.05) is 66.7 Å². The topological polar surface area (TPSA) is 85.6 Å². The molecule has 0 aliphatic rings. The van der Waals surface area contributed by atoms with Gasteiger partial charge in [-0.25, -0.2) is 8.42 Å². The van der Waals surface area contributed by atoms with Crippen LogP contribution in [0.2, 0.25) is 0 Å². The number of para-hydroxylation sites is 1. The molecule has 0 aliphatic carbocycles. The number of carbonyl (C=O) groups excluding carboxylic acids is 1. The van der Waals surface area contributed by atoms with Crippen molar-refractivity contribution in [2.45, 2.75) is 51.2 Å². The van der Waals surface area contributed by atoms with E-state index in [2.05, 4.69) is 4.72 Å². The summed E-state index contributed by atoms with van der Waals surface area (Å²) in [5, 5.41) is 1.06. The van der Waals surface area contributed by atoms with Crippen LogP contribution in [0.5, 0.6) is 0 Å². The van der Waals surface area contributed by atoms with E-state index in [9.17, 15) is 13.2 Å². The smallest absolute Gasteiger partial charge is 0.324 e. The predicted octanol–water partition coefficient (Wildman–Crippen LogP) is 6.91. The summed E-state index contributed by atoms with van der Waals surface area (Å²) in [5.41, 5.74) is 2.99. The van der Waals surface area contributed by atoms with Crippen LogP contribution in [-0.4, -0.2) is 26.0 Å². The average Bonchev–Trinajstić information content (AvgIpc) is 3.28. The number of carbonyl (C=O) groups is 1. The van der Waals surface area contributed by atoms with E-state index in [4.69, 9.17) is 9.15 Å². The van der Waals surface area contributed by atoms with Gasteiger partial charge in [-0.15, -0.1) is 0 Å². The molecule has 0 bridgehead atoms. The van der Waals surface area contributed by atoms with Gasteiger partial charge in [0.2, 0.25) is 10.0 Å². The van der Waals surface area contributed by atoms with Crippen molar-refractivity contribution in [2.75, 3.05) is 0 Å². The molecule has 198 valence electrons. The van der Waals surface area contributed by atoms with E-state index >= 15 is 0 Å². The van der Waals surface area contributed by atoms with E-state index < -0.39 is 27.6 Å². The first kappa shape index (κ1) is 27.4. The number of hydrogen-bond donors (Lipinski definition) is 1. The first-order chi connectivity index (χ1) is 17.9. The third kappa shape index (κ3) is 6.79. The molecule has 1 unspecified atom stereocenters. The van der Waals surface area contributed by atoms with Gasteiger partial charge in [-0.2, -0.15) is 4.72 Å². The van der Waals surface area contributed by atoms with Gasteiger partial charge in [0.25, 0.3) is 0 Å². The van der Waals surface area contributed by atoms with Gasteiger partial charge in [0.15, 0.2) is 0 Å². The number of esters is 1. The number of rotatable bonds is 8. The van der Waals surface area contributed by atoms with Crippen LogP contribution in [-0.2, 0) is 19.6 Å². The maximum atomic E-state index is 13.0. The lowest BCUT2D eigenvalue weighted by molar-refractivity contribution is -0.158. The summed E-state index contributed by atoms with van der Waals surface area (Å²) in [4.78, 5) is 12.7. The molecular formula is C31H33NO5S. The zero-order chi connectivity index (χ0) is 27.5. The van der Waals surface area contributed by atoms with Crippen LogP contribution in [0.15, 0.2) is 88.2 Å². The molecule has 0 spiro atoms. The minimum absolute atomic E-state index is 0.0841. The molecule has 0 radical (unpaired) electrons. The molecule has 4 aromatic rings. The molecule has 6 nitrogen and oxygen atoms in total. The van der Waals surface area contributed by atoms with Crippen molar-refractivity contribution in [2.24, 2.45) is 5.92 Å². The largest absolute Gasteiger partial charge is 0.459 e. The molecule has 1 N–H and O–H groups in total. The van der Waals surface area contributed by atoms with Crippen molar-refractivity contribution in [3.63, 3.8) is 0 Å². The Kier molecular flexibility index (Phi) is 7.90. The molecule has 38 heavy (non-hydrogen) atoms. The van der Waals surface area contributed by atoms with Crippen LogP contribution in [0, 0.1) is 5.92 Å². The number of fused-ring (bicyclic) bond motifs is 1. The molecule has 1 atom stereocenters. The highest BCUT2D eigenvalue weighted by molar-refractivity contribution is 7.89. The summed E-state index contributed by atoms with van der Waals surface area (Å²) in [6.45, 7) is 8.79. The standard InChI is InChI=1S/C31H33NO5S/c1-21(2)29(30(33)37-31(3,4)5)32-38(34,35)27-18-15-24(16-19-27)23-13-10-22(11-14-23)12-17-26-20-25-8-6-7-9-28(25)36-26/h6-21,29,32H,1-5H3/b17-12+. The molecule has 1 heterocycles. The Hall–Kier alpha value is -3.68. The Labute approximate surface area is 224 Å². The third-order valence-electron chi connectivity index (χ3n) is 5.90. The van der Waals surface area contributed by atoms with Gasteiger partial charge in [-0.3, -0.25) is 4.79 Å². The molecule has 1 aromatic heterocycles. The maximum Gasteiger partial charge on any atom is 0.324 e. The lowest BCUT2D eigenvalue weighted by Crippen LogP contribution is -2.47. The summed E-state index contributed by atoms with van der Waals surface area (Å²) >= 11 is 0. The Balaban J connectivity index is 1.45. The molecule has 0 saturated heterocycles. The monoisotopic (exact) mass is 531 g/mol. The van der Waals surface area contributed by atoms with E-state index in [1.165, 1.54) is 0 Å². The summed E-state index contributed by atoms with van der Waals surface area (Å²) in [5.74, 6) is -0.0903. The molecule has 3 aromatic carbocycles. The van der Waals surface area contributed by atoms with Gasteiger partial charge in [-0.1, -0.05) is 74.5 Å². The SMILES string of the molecule is CC(C)C(NS(=O)(=O)c1ccc(-c2ccc(/C=C/c3cc4ccccc4o3)cc2)cc1)C(=O)OC(C)(C)C. The van der Waals surface area contributed by atoms with Gasteiger partial charge in [0.1, 0.15) is 23.0 Å². The van der Waals surface area contributed by atoms with Gasteiger partial charge < -0.3 is 9.15 Å². The van der Waals surface area contributed by atoms with Crippen molar-refractivity contribution in [1.82, 2.24) is 4.72 Å². The lowest BCUT2D eigenvalue weighted by Gasteiger charge is -2.26. The second kappa shape index (κ2) is 11.0. The van der Waals surface area contributed by atoms with Crippen molar-refractivity contribution in [1.29, 1.82) is 0 Å². The normalized spacial score (nSPS) is 13.3. The van der Waals surface area contributed by atoms with Crippen molar-refractivity contribution in [3.05, 3.63) is 90.2 Å². The minimum Gasteiger partial charge on any atom is -0.459 e. The highest BCUT2D eigenvalue weighted by Crippen LogP contribution is 2.24. The van der Waals surface area contributed by atoms with Crippen LogP contribution in [0.25, 0.3) is 34.2 Å². The number of benzene rings is 3. The van der Waals surface area contributed by atoms with Gasteiger partial charge in [0.05, 0.1) is 4.90 Å². The van der Waals surface area contributed by atoms with E-state index in [0.717, 1.165) is 33.4 Å². The van der Waals surface area contributed by atoms with Crippen LogP contribution >= 0.6 is 0 Å². The Morgan fingerprint density at radius 3 is 2.08 bits per heavy atom. The third-order valence-corrected chi connectivity index (χ3v) is 7.36. The molecule has 0 saturated carbocycles. The molecule has 7 heteroatoms. The van der Waals surface area contributed by atoms with Crippen LogP contribution in [0.4, 0.5) is 0 Å². The van der Waals surface area contributed by atoms with Crippen LogP contribution < -0.4 is 4.72 Å². The fraction of sp³-hybridized carbons (Fsp3) is 0.258. The van der Waals surface area contributed by atoms with Crippen molar-refractivity contribution in [3.8, 4) is 11.1 Å². The minimum atomic E-state index is -3.92. The summed E-state index contributed by atoms with van der Waals surface area (Å²) in [6, 6.07) is 23.5.